The minimum atomic E-state index is -0.335. The third-order valence-corrected chi connectivity index (χ3v) is 3.27. The maximum Gasteiger partial charge on any atom is 0.153 e. The number of carbonyl (C=O) groups is 1. The first-order valence-corrected chi connectivity index (χ1v) is 6.78. The molecule has 0 unspecified atom stereocenters. The smallest absolute Gasteiger partial charge is 0.153 e. The Bertz CT molecular complexity index is 607. The second-order valence-corrected chi connectivity index (χ2v) is 5.65. The molecule has 1 aromatic heterocycles. The summed E-state index contributed by atoms with van der Waals surface area (Å²) in [6.45, 7) is 4.90. The third kappa shape index (κ3) is 3.10. The van der Waals surface area contributed by atoms with Crippen molar-refractivity contribution in [2.45, 2.75) is 20.4 Å². The fraction of sp³-hybridized carbons (Fsp3) is 0.286. The fourth-order valence-electron chi connectivity index (χ4n) is 1.86. The van der Waals surface area contributed by atoms with E-state index in [2.05, 4.69) is 34.9 Å². The lowest BCUT2D eigenvalue weighted by Crippen LogP contribution is -2.04. The van der Waals surface area contributed by atoms with Crippen LogP contribution in [0.3, 0.4) is 0 Å². The first kappa shape index (κ1) is 13.9. The molecule has 0 spiro atoms. The number of rotatable bonds is 4. The molecule has 0 radical (unpaired) electrons. The van der Waals surface area contributed by atoms with Crippen molar-refractivity contribution in [2.24, 2.45) is 5.92 Å². The van der Waals surface area contributed by atoms with Crippen LogP contribution in [0.5, 0.6) is 0 Å². The summed E-state index contributed by atoms with van der Waals surface area (Å²) in [5, 5.41) is 4.40. The van der Waals surface area contributed by atoms with E-state index >= 15 is 0 Å². The van der Waals surface area contributed by atoms with Crippen LogP contribution in [-0.2, 0) is 6.54 Å². The number of aromatic nitrogens is 2. The quantitative estimate of drug-likeness (QED) is 0.799. The Hall–Kier alpha value is -1.49. The van der Waals surface area contributed by atoms with Crippen LogP contribution < -0.4 is 0 Å². The molecule has 1 aromatic carbocycles. The Kier molecular flexibility index (Phi) is 4.14. The molecule has 0 aliphatic carbocycles. The minimum absolute atomic E-state index is 0.335. The largest absolute Gasteiger partial charge is 0.298 e. The molecule has 0 fully saturated rings. The van der Waals surface area contributed by atoms with E-state index in [-0.39, 0.29) is 5.82 Å². The molecule has 0 bridgehead atoms. The van der Waals surface area contributed by atoms with Crippen molar-refractivity contribution in [2.75, 3.05) is 0 Å². The van der Waals surface area contributed by atoms with Gasteiger partial charge in [0.1, 0.15) is 11.5 Å². The Balaban J connectivity index is 2.45. The maximum absolute atomic E-state index is 13.2. The summed E-state index contributed by atoms with van der Waals surface area (Å²) in [5.41, 5.74) is 1.81. The Morgan fingerprint density at radius 3 is 2.79 bits per heavy atom. The molecular formula is C14H14BrFN2O. The molecule has 2 aromatic rings. The number of hydrogen-bond donors (Lipinski definition) is 0. The Morgan fingerprint density at radius 2 is 2.21 bits per heavy atom. The number of aldehydes is 1. The number of nitrogens with zero attached hydrogens (tertiary/aromatic N) is 2. The molecule has 3 nitrogen and oxygen atoms in total. The van der Waals surface area contributed by atoms with Gasteiger partial charge in [-0.15, -0.1) is 0 Å². The van der Waals surface area contributed by atoms with Crippen molar-refractivity contribution in [1.82, 2.24) is 9.78 Å². The minimum Gasteiger partial charge on any atom is -0.298 e. The van der Waals surface area contributed by atoms with Crippen molar-refractivity contribution in [1.29, 1.82) is 0 Å². The van der Waals surface area contributed by atoms with Gasteiger partial charge < -0.3 is 0 Å². The average molecular weight is 325 g/mol. The van der Waals surface area contributed by atoms with Crippen molar-refractivity contribution in [3.63, 3.8) is 0 Å². The summed E-state index contributed by atoms with van der Waals surface area (Å²) in [4.78, 5) is 11.1. The highest BCUT2D eigenvalue weighted by Crippen LogP contribution is 2.26. The summed E-state index contributed by atoms with van der Waals surface area (Å²) in [7, 11) is 0. The van der Waals surface area contributed by atoms with Crippen LogP contribution in [0.2, 0.25) is 0 Å². The molecular weight excluding hydrogens is 311 g/mol. The highest BCUT2D eigenvalue weighted by molar-refractivity contribution is 9.10. The zero-order chi connectivity index (χ0) is 14.0. The number of carbonyl (C=O) groups excluding carboxylic acids is 1. The first-order valence-electron chi connectivity index (χ1n) is 5.99. The molecule has 2 rings (SSSR count). The summed E-state index contributed by atoms with van der Waals surface area (Å²) < 4.78 is 15.3. The van der Waals surface area contributed by atoms with Crippen LogP contribution >= 0.6 is 15.9 Å². The summed E-state index contributed by atoms with van der Waals surface area (Å²) in [6, 6.07) is 4.61. The van der Waals surface area contributed by atoms with Gasteiger partial charge in [0.05, 0.1) is 10.0 Å². The van der Waals surface area contributed by atoms with Crippen LogP contribution in [0.15, 0.2) is 28.9 Å². The molecule has 5 heteroatoms. The monoisotopic (exact) mass is 324 g/mol. The van der Waals surface area contributed by atoms with E-state index in [0.717, 1.165) is 18.4 Å². The summed E-state index contributed by atoms with van der Waals surface area (Å²) >= 11 is 3.14. The van der Waals surface area contributed by atoms with Crippen molar-refractivity contribution < 1.29 is 9.18 Å². The fourth-order valence-corrected chi connectivity index (χ4v) is 2.24. The third-order valence-electron chi connectivity index (χ3n) is 2.66. The molecule has 0 amide bonds. The van der Waals surface area contributed by atoms with E-state index < -0.39 is 0 Å². The van der Waals surface area contributed by atoms with E-state index in [1.54, 1.807) is 23.0 Å². The molecule has 0 N–H and O–H groups in total. The van der Waals surface area contributed by atoms with Gasteiger partial charge in [0.2, 0.25) is 0 Å². The van der Waals surface area contributed by atoms with E-state index in [1.165, 1.54) is 6.07 Å². The van der Waals surface area contributed by atoms with E-state index in [1.807, 2.05) is 0 Å². The van der Waals surface area contributed by atoms with Gasteiger partial charge in [-0.3, -0.25) is 9.48 Å². The molecule has 100 valence electrons. The highest BCUT2D eigenvalue weighted by Gasteiger charge is 2.12. The maximum atomic E-state index is 13.2. The lowest BCUT2D eigenvalue weighted by Gasteiger charge is -2.04. The Labute approximate surface area is 119 Å². The molecule has 0 saturated heterocycles. The molecule has 19 heavy (non-hydrogen) atoms. The molecule has 0 atom stereocenters. The predicted molar refractivity (Wildman–Crippen MR) is 75.5 cm³/mol. The molecule has 0 aliphatic heterocycles. The standard InChI is InChI=1S/C14H14BrFN2O/c1-9(2)6-18-7-11(8-19)14(17-18)10-3-4-13(16)12(15)5-10/h3-5,7-9H,6H2,1-2H3. The molecule has 0 aliphatic rings. The van der Waals surface area contributed by atoms with Crippen molar-refractivity contribution in [3.8, 4) is 11.3 Å². The lowest BCUT2D eigenvalue weighted by molar-refractivity contribution is 0.112. The lowest BCUT2D eigenvalue weighted by atomic mass is 10.1. The number of benzene rings is 1. The predicted octanol–water partition coefficient (Wildman–Crippen LogP) is 3.92. The van der Waals surface area contributed by atoms with Crippen LogP contribution in [0.4, 0.5) is 4.39 Å². The van der Waals surface area contributed by atoms with Gasteiger partial charge in [-0.2, -0.15) is 5.10 Å². The van der Waals surface area contributed by atoms with Gasteiger partial charge in [0, 0.05) is 18.3 Å². The van der Waals surface area contributed by atoms with E-state index in [4.69, 9.17) is 0 Å². The first-order chi connectivity index (χ1) is 9.01. The average Bonchev–Trinajstić information content (AvgIpc) is 2.74. The topological polar surface area (TPSA) is 34.9 Å². The Morgan fingerprint density at radius 1 is 1.47 bits per heavy atom. The van der Waals surface area contributed by atoms with Crippen molar-refractivity contribution >= 4 is 22.2 Å². The normalized spacial score (nSPS) is 11.0. The summed E-state index contributed by atoms with van der Waals surface area (Å²) in [6.07, 6.45) is 2.50. The number of hydrogen-bond acceptors (Lipinski definition) is 2. The van der Waals surface area contributed by atoms with Crippen molar-refractivity contribution in [3.05, 3.63) is 40.2 Å². The van der Waals surface area contributed by atoms with Crippen LogP contribution in [0.1, 0.15) is 24.2 Å². The van der Waals surface area contributed by atoms with E-state index in [9.17, 15) is 9.18 Å². The second-order valence-electron chi connectivity index (χ2n) is 4.80. The highest BCUT2D eigenvalue weighted by atomic mass is 79.9. The van der Waals surface area contributed by atoms with Gasteiger partial charge in [0.15, 0.2) is 6.29 Å². The van der Waals surface area contributed by atoms with Crippen LogP contribution in [-0.4, -0.2) is 16.1 Å². The van der Waals surface area contributed by atoms with Crippen LogP contribution in [0, 0.1) is 11.7 Å². The number of halogens is 2. The second kappa shape index (κ2) is 5.65. The van der Waals surface area contributed by atoms with Gasteiger partial charge in [-0.25, -0.2) is 4.39 Å². The zero-order valence-corrected chi connectivity index (χ0v) is 12.3. The zero-order valence-electron chi connectivity index (χ0n) is 10.7. The van der Waals surface area contributed by atoms with Gasteiger partial charge in [-0.1, -0.05) is 13.8 Å². The SMILES string of the molecule is CC(C)Cn1cc(C=O)c(-c2ccc(F)c(Br)c2)n1. The van der Waals surface area contributed by atoms with Crippen LogP contribution in [0.25, 0.3) is 11.3 Å². The molecule has 0 saturated carbocycles. The van der Waals surface area contributed by atoms with Gasteiger partial charge >= 0.3 is 0 Å². The van der Waals surface area contributed by atoms with Gasteiger partial charge in [0.25, 0.3) is 0 Å². The van der Waals surface area contributed by atoms with Gasteiger partial charge in [-0.05, 0) is 40.0 Å². The summed E-state index contributed by atoms with van der Waals surface area (Å²) in [5.74, 6) is 0.102. The van der Waals surface area contributed by atoms with E-state index in [0.29, 0.717) is 21.6 Å². The molecule has 1 heterocycles.